The maximum atomic E-state index is 3.98. The van der Waals surface area contributed by atoms with Gasteiger partial charge in [0.25, 0.3) is 0 Å². The van der Waals surface area contributed by atoms with E-state index >= 15 is 0 Å². The lowest BCUT2D eigenvalue weighted by Gasteiger charge is -2.30. The molecule has 1 aliphatic rings. The molecule has 0 N–H and O–H groups in total. The van der Waals surface area contributed by atoms with Crippen molar-refractivity contribution < 1.29 is 0 Å². The van der Waals surface area contributed by atoms with Crippen molar-refractivity contribution in [3.63, 3.8) is 0 Å². The minimum absolute atomic E-state index is 0.338. The van der Waals surface area contributed by atoms with Crippen molar-refractivity contribution in [2.24, 2.45) is 0 Å². The highest BCUT2D eigenvalue weighted by atomic mass is 79.9. The summed E-state index contributed by atoms with van der Waals surface area (Å²) in [7, 11) is 0. The zero-order valence-electron chi connectivity index (χ0n) is 11.9. The molecule has 1 aliphatic carbocycles. The van der Waals surface area contributed by atoms with E-state index in [4.69, 9.17) is 0 Å². The first-order valence-corrected chi connectivity index (χ1v) is 9.75. The van der Waals surface area contributed by atoms with E-state index in [1.54, 1.807) is 0 Å². The van der Waals surface area contributed by atoms with Crippen LogP contribution in [0.4, 0.5) is 0 Å². The van der Waals surface area contributed by atoms with Crippen LogP contribution in [0.25, 0.3) is 0 Å². The van der Waals surface area contributed by atoms with Gasteiger partial charge in [0.1, 0.15) is 0 Å². The quantitative estimate of drug-likeness (QED) is 0.410. The lowest BCUT2D eigenvalue weighted by Crippen LogP contribution is -2.14. The fraction of sp³-hybridized carbons (Fsp3) is 0.333. The molecule has 2 aromatic rings. The van der Waals surface area contributed by atoms with Crippen LogP contribution in [-0.4, -0.2) is 0 Å². The van der Waals surface area contributed by atoms with Gasteiger partial charge in [0, 0.05) is 19.7 Å². The highest BCUT2D eigenvalue weighted by Crippen LogP contribution is 2.47. The summed E-state index contributed by atoms with van der Waals surface area (Å²) in [4.78, 5) is 0.338. The average Bonchev–Trinajstić information content (AvgIpc) is 2.49. The Morgan fingerprint density at radius 1 is 1.10 bits per heavy atom. The van der Waals surface area contributed by atoms with E-state index in [9.17, 15) is 0 Å². The van der Waals surface area contributed by atoms with Gasteiger partial charge in [-0.25, -0.2) is 0 Å². The molecule has 0 heterocycles. The first-order valence-electron chi connectivity index (χ1n) is 7.25. The summed E-state index contributed by atoms with van der Waals surface area (Å²) in [6, 6.07) is 13.3. The second kappa shape index (κ2) is 6.55. The average molecular weight is 473 g/mol. The van der Waals surface area contributed by atoms with Crippen molar-refractivity contribution in [1.29, 1.82) is 0 Å². The Hall–Kier alpha value is -0.120. The second-order valence-corrected chi connectivity index (χ2v) is 8.42. The lowest BCUT2D eigenvalue weighted by atomic mass is 9.79. The smallest absolute Gasteiger partial charge is 0.0475 e. The topological polar surface area (TPSA) is 0 Å². The van der Waals surface area contributed by atoms with E-state index in [0.717, 1.165) is 0 Å². The van der Waals surface area contributed by atoms with Crippen LogP contribution in [0.2, 0.25) is 0 Å². The van der Waals surface area contributed by atoms with Crippen molar-refractivity contribution >= 4 is 47.8 Å². The lowest BCUT2D eigenvalue weighted by molar-refractivity contribution is 0.547. The third-order valence-corrected chi connectivity index (χ3v) is 7.02. The number of alkyl halides is 1. The van der Waals surface area contributed by atoms with Gasteiger partial charge in [0.05, 0.1) is 0 Å². The highest BCUT2D eigenvalue weighted by molar-refractivity contribution is 9.11. The number of halogens is 3. The number of aryl methyl sites for hydroxylation is 2. The fourth-order valence-electron chi connectivity index (χ4n) is 3.19. The minimum Gasteiger partial charge on any atom is -0.0832 e. The third kappa shape index (κ3) is 3.16. The summed E-state index contributed by atoms with van der Waals surface area (Å²) in [5, 5.41) is 0. The molecule has 0 saturated carbocycles. The van der Waals surface area contributed by atoms with Crippen molar-refractivity contribution in [3.05, 3.63) is 67.6 Å². The highest BCUT2D eigenvalue weighted by Gasteiger charge is 2.28. The van der Waals surface area contributed by atoms with E-state index in [1.165, 1.54) is 50.5 Å². The molecule has 0 bridgehead atoms. The zero-order chi connectivity index (χ0) is 15.0. The summed E-state index contributed by atoms with van der Waals surface area (Å²) in [5.74, 6) is 0.542. The molecule has 2 unspecified atom stereocenters. The van der Waals surface area contributed by atoms with Gasteiger partial charge in [-0.2, -0.15) is 0 Å². The monoisotopic (exact) mass is 470 g/mol. The summed E-state index contributed by atoms with van der Waals surface area (Å²) < 4.78 is 2.36. The molecule has 0 aliphatic heterocycles. The summed E-state index contributed by atoms with van der Waals surface area (Å²) in [5.41, 5.74) is 5.61. The molecule has 0 amide bonds. The second-order valence-electron chi connectivity index (χ2n) is 5.72. The molecule has 0 fully saturated rings. The standard InChI is InChI=1S/C18H17Br3/c1-11-9-17(20)15(10-16(11)19)18(21)14-8-4-6-12-5-2-3-7-13(12)14/h2-3,5,7,9-10,14,18H,4,6,8H2,1H3. The molecule has 0 nitrogen and oxygen atoms in total. The van der Waals surface area contributed by atoms with Gasteiger partial charge in [-0.3, -0.25) is 0 Å². The van der Waals surface area contributed by atoms with E-state index in [0.29, 0.717) is 10.7 Å². The zero-order valence-corrected chi connectivity index (χ0v) is 16.6. The van der Waals surface area contributed by atoms with Crippen LogP contribution >= 0.6 is 47.8 Å². The van der Waals surface area contributed by atoms with Crippen LogP contribution in [0, 0.1) is 6.92 Å². The van der Waals surface area contributed by atoms with Gasteiger partial charge >= 0.3 is 0 Å². The normalized spacial score (nSPS) is 19.1. The first-order chi connectivity index (χ1) is 10.1. The molecule has 2 aromatic carbocycles. The Morgan fingerprint density at radius 3 is 2.67 bits per heavy atom. The number of fused-ring (bicyclic) bond motifs is 1. The van der Waals surface area contributed by atoms with Gasteiger partial charge in [0.2, 0.25) is 0 Å². The van der Waals surface area contributed by atoms with Gasteiger partial charge in [0.15, 0.2) is 0 Å². The molecule has 2 atom stereocenters. The van der Waals surface area contributed by atoms with E-state index < -0.39 is 0 Å². The maximum absolute atomic E-state index is 3.98. The third-order valence-electron chi connectivity index (χ3n) is 4.34. The Morgan fingerprint density at radius 2 is 1.86 bits per heavy atom. The molecular formula is C18H17Br3. The van der Waals surface area contributed by atoms with Crippen LogP contribution in [0.3, 0.4) is 0 Å². The molecule has 0 saturated heterocycles. The van der Waals surface area contributed by atoms with Crippen molar-refractivity contribution in [3.8, 4) is 0 Å². The summed E-state index contributed by atoms with van der Waals surface area (Å²) in [6.45, 7) is 2.12. The number of benzene rings is 2. The van der Waals surface area contributed by atoms with Crippen molar-refractivity contribution in [2.45, 2.75) is 36.9 Å². The molecule has 3 heteroatoms. The number of hydrogen-bond donors (Lipinski definition) is 0. The first kappa shape index (κ1) is 15.8. The van der Waals surface area contributed by atoms with Crippen LogP contribution in [0.15, 0.2) is 45.3 Å². The minimum atomic E-state index is 0.338. The van der Waals surface area contributed by atoms with Gasteiger partial charge in [-0.05, 0) is 60.6 Å². The maximum Gasteiger partial charge on any atom is 0.0475 e. The van der Waals surface area contributed by atoms with E-state index in [1.807, 2.05) is 0 Å². The van der Waals surface area contributed by atoms with Gasteiger partial charge < -0.3 is 0 Å². The predicted molar refractivity (Wildman–Crippen MR) is 100 cm³/mol. The van der Waals surface area contributed by atoms with E-state index in [2.05, 4.69) is 91.1 Å². The number of rotatable bonds is 2. The van der Waals surface area contributed by atoms with Crippen LogP contribution in [0.1, 0.15) is 45.8 Å². The summed E-state index contributed by atoms with van der Waals surface area (Å²) in [6.07, 6.45) is 3.73. The van der Waals surface area contributed by atoms with Crippen molar-refractivity contribution in [2.75, 3.05) is 0 Å². The molecule has 110 valence electrons. The SMILES string of the molecule is Cc1cc(Br)c(C(Br)C2CCCc3ccccc32)cc1Br. The number of hydrogen-bond acceptors (Lipinski definition) is 0. The van der Waals surface area contributed by atoms with Crippen LogP contribution < -0.4 is 0 Å². The van der Waals surface area contributed by atoms with Crippen LogP contribution in [-0.2, 0) is 6.42 Å². The molecule has 0 spiro atoms. The largest absolute Gasteiger partial charge is 0.0832 e. The van der Waals surface area contributed by atoms with Gasteiger partial charge in [-0.15, -0.1) is 0 Å². The summed E-state index contributed by atoms with van der Waals surface area (Å²) >= 11 is 11.4. The van der Waals surface area contributed by atoms with E-state index in [-0.39, 0.29) is 0 Å². The van der Waals surface area contributed by atoms with Crippen molar-refractivity contribution in [1.82, 2.24) is 0 Å². The molecule has 0 radical (unpaired) electrons. The predicted octanol–water partition coefficient (Wildman–Crippen LogP) is 7.08. The molecule has 3 rings (SSSR count). The molecule has 21 heavy (non-hydrogen) atoms. The Kier molecular flexibility index (Phi) is 4.92. The molecular weight excluding hydrogens is 456 g/mol. The Bertz CT molecular complexity index is 664. The van der Waals surface area contributed by atoms with Gasteiger partial charge in [-0.1, -0.05) is 72.1 Å². The Balaban J connectivity index is 2.00. The molecule has 0 aromatic heterocycles. The van der Waals surface area contributed by atoms with Crippen LogP contribution in [0.5, 0.6) is 0 Å². The fourth-order valence-corrected chi connectivity index (χ4v) is 5.49. The Labute approximate surface area is 151 Å².